The van der Waals surface area contributed by atoms with Crippen LogP contribution in [0.1, 0.15) is 21.7 Å². The van der Waals surface area contributed by atoms with Crippen LogP contribution in [0.15, 0.2) is 6.07 Å². The minimum atomic E-state index is 0.753. The van der Waals surface area contributed by atoms with Gasteiger partial charge in [0.1, 0.15) is 0 Å². The van der Waals surface area contributed by atoms with Gasteiger partial charge in [0, 0.05) is 28.1 Å². The van der Waals surface area contributed by atoms with Crippen LogP contribution in [0.4, 0.5) is 0 Å². The minimum absolute atomic E-state index is 0.753. The molecule has 1 aliphatic rings. The highest BCUT2D eigenvalue weighted by Crippen LogP contribution is 2.22. The molecule has 2 rings (SSSR count). The summed E-state index contributed by atoms with van der Waals surface area (Å²) in [6.45, 7) is 5.46. The number of rotatable bonds is 3. The van der Waals surface area contributed by atoms with Crippen LogP contribution in [0.2, 0.25) is 0 Å². The van der Waals surface area contributed by atoms with E-state index in [1.165, 1.54) is 33.2 Å². The molecule has 1 atom stereocenters. The number of hydrogen-bond donors (Lipinski definition) is 1. The zero-order valence-electron chi connectivity index (χ0n) is 8.80. The van der Waals surface area contributed by atoms with Crippen molar-refractivity contribution >= 4 is 23.1 Å². The van der Waals surface area contributed by atoms with Crippen molar-refractivity contribution in [1.29, 1.82) is 0 Å². The first-order chi connectivity index (χ1) is 6.75. The van der Waals surface area contributed by atoms with Gasteiger partial charge in [-0.3, -0.25) is 0 Å². The van der Waals surface area contributed by atoms with Crippen molar-refractivity contribution < 1.29 is 0 Å². The van der Waals surface area contributed by atoms with Gasteiger partial charge < -0.3 is 5.32 Å². The third-order valence-electron chi connectivity index (χ3n) is 2.71. The molecule has 0 radical (unpaired) electrons. The second-order valence-electron chi connectivity index (χ2n) is 3.89. The fraction of sp³-hybridized carbons (Fsp3) is 0.636. The predicted molar refractivity (Wildman–Crippen MR) is 66.4 cm³/mol. The molecular formula is C11H17NS2. The Bertz CT molecular complexity index is 281. The summed E-state index contributed by atoms with van der Waals surface area (Å²) < 4.78 is 0. The molecule has 1 aliphatic heterocycles. The lowest BCUT2D eigenvalue weighted by molar-refractivity contribution is 0.561. The molecule has 1 fully saturated rings. The summed E-state index contributed by atoms with van der Waals surface area (Å²) >= 11 is 4.00. The molecular weight excluding hydrogens is 210 g/mol. The summed E-state index contributed by atoms with van der Waals surface area (Å²) in [5.41, 5.74) is 1.44. The van der Waals surface area contributed by atoms with E-state index in [0.29, 0.717) is 0 Å². The van der Waals surface area contributed by atoms with Gasteiger partial charge in [0.2, 0.25) is 0 Å². The minimum Gasteiger partial charge on any atom is -0.308 e. The molecule has 2 heterocycles. The molecule has 1 saturated heterocycles. The maximum atomic E-state index is 3.63. The van der Waals surface area contributed by atoms with Gasteiger partial charge in [-0.2, -0.15) is 11.8 Å². The Morgan fingerprint density at radius 3 is 2.93 bits per heavy atom. The maximum absolute atomic E-state index is 3.63. The van der Waals surface area contributed by atoms with E-state index in [9.17, 15) is 0 Å². The van der Waals surface area contributed by atoms with Crippen molar-refractivity contribution in [3.8, 4) is 0 Å². The van der Waals surface area contributed by atoms with Gasteiger partial charge in [-0.25, -0.2) is 0 Å². The SMILES string of the molecule is Cc1cc(CNC2CCSC2)sc1C. The van der Waals surface area contributed by atoms with Gasteiger partial charge in [-0.1, -0.05) is 0 Å². The summed E-state index contributed by atoms with van der Waals surface area (Å²) in [6, 6.07) is 3.07. The Balaban J connectivity index is 1.85. The first-order valence-corrected chi connectivity index (χ1v) is 7.10. The Morgan fingerprint density at radius 1 is 1.50 bits per heavy atom. The number of hydrogen-bond acceptors (Lipinski definition) is 3. The molecule has 0 aromatic carbocycles. The van der Waals surface area contributed by atoms with E-state index in [4.69, 9.17) is 0 Å². The molecule has 0 bridgehead atoms. The quantitative estimate of drug-likeness (QED) is 0.852. The second kappa shape index (κ2) is 4.69. The van der Waals surface area contributed by atoms with Gasteiger partial charge in [0.05, 0.1) is 0 Å². The molecule has 0 aliphatic carbocycles. The van der Waals surface area contributed by atoms with E-state index in [1.54, 1.807) is 0 Å². The lowest BCUT2D eigenvalue weighted by Gasteiger charge is -2.09. The summed E-state index contributed by atoms with van der Waals surface area (Å²) in [7, 11) is 0. The predicted octanol–water partition coefficient (Wildman–Crippen LogP) is 2.96. The van der Waals surface area contributed by atoms with Crippen LogP contribution in [-0.4, -0.2) is 17.5 Å². The monoisotopic (exact) mass is 227 g/mol. The molecule has 1 N–H and O–H groups in total. The highest BCUT2D eigenvalue weighted by molar-refractivity contribution is 7.99. The second-order valence-corrected chi connectivity index (χ2v) is 6.38. The van der Waals surface area contributed by atoms with Gasteiger partial charge in [0.25, 0.3) is 0 Å². The zero-order valence-corrected chi connectivity index (χ0v) is 10.4. The third kappa shape index (κ3) is 2.53. The van der Waals surface area contributed by atoms with Crippen LogP contribution >= 0.6 is 23.1 Å². The van der Waals surface area contributed by atoms with Crippen LogP contribution in [-0.2, 0) is 6.54 Å². The summed E-state index contributed by atoms with van der Waals surface area (Å²) in [4.78, 5) is 2.94. The van der Waals surface area contributed by atoms with E-state index < -0.39 is 0 Å². The van der Waals surface area contributed by atoms with Crippen molar-refractivity contribution in [3.05, 3.63) is 21.4 Å². The van der Waals surface area contributed by atoms with Crippen LogP contribution < -0.4 is 5.32 Å². The molecule has 0 amide bonds. The van der Waals surface area contributed by atoms with Gasteiger partial charge in [-0.15, -0.1) is 11.3 Å². The fourth-order valence-electron chi connectivity index (χ4n) is 1.68. The Labute approximate surface area is 94.3 Å². The lowest BCUT2D eigenvalue weighted by Crippen LogP contribution is -2.27. The van der Waals surface area contributed by atoms with Crippen molar-refractivity contribution in [2.24, 2.45) is 0 Å². The van der Waals surface area contributed by atoms with E-state index in [0.717, 1.165) is 12.6 Å². The molecule has 3 heteroatoms. The summed E-state index contributed by atoms with van der Waals surface area (Å²) in [5.74, 6) is 2.63. The van der Waals surface area contributed by atoms with E-state index in [1.807, 2.05) is 11.3 Å². The smallest absolute Gasteiger partial charge is 0.0302 e. The molecule has 78 valence electrons. The van der Waals surface area contributed by atoms with Crippen LogP contribution in [0, 0.1) is 13.8 Å². The molecule has 0 spiro atoms. The van der Waals surface area contributed by atoms with Crippen LogP contribution in [0.25, 0.3) is 0 Å². The lowest BCUT2D eigenvalue weighted by atomic mass is 10.2. The molecule has 1 aromatic rings. The van der Waals surface area contributed by atoms with Crippen LogP contribution in [0.3, 0.4) is 0 Å². The third-order valence-corrected chi connectivity index (χ3v) is 5.03. The van der Waals surface area contributed by atoms with E-state index >= 15 is 0 Å². The molecule has 14 heavy (non-hydrogen) atoms. The Hall–Kier alpha value is 0.01000. The fourth-order valence-corrected chi connectivity index (χ4v) is 3.87. The summed E-state index contributed by atoms with van der Waals surface area (Å²) in [5, 5.41) is 3.63. The topological polar surface area (TPSA) is 12.0 Å². The average Bonchev–Trinajstić information content (AvgIpc) is 2.74. The largest absolute Gasteiger partial charge is 0.308 e. The zero-order chi connectivity index (χ0) is 9.97. The van der Waals surface area contributed by atoms with Crippen molar-refractivity contribution in [1.82, 2.24) is 5.32 Å². The number of thiophene rings is 1. The van der Waals surface area contributed by atoms with Crippen LogP contribution in [0.5, 0.6) is 0 Å². The number of thioether (sulfide) groups is 1. The Kier molecular flexibility index (Phi) is 3.52. The highest BCUT2D eigenvalue weighted by atomic mass is 32.2. The van der Waals surface area contributed by atoms with Crippen molar-refractivity contribution in [3.63, 3.8) is 0 Å². The van der Waals surface area contributed by atoms with Gasteiger partial charge in [-0.05, 0) is 37.7 Å². The first kappa shape index (κ1) is 10.5. The highest BCUT2D eigenvalue weighted by Gasteiger charge is 2.14. The van der Waals surface area contributed by atoms with Crippen molar-refractivity contribution in [2.45, 2.75) is 32.9 Å². The number of aryl methyl sites for hydroxylation is 2. The maximum Gasteiger partial charge on any atom is 0.0302 e. The molecule has 1 nitrogen and oxygen atoms in total. The van der Waals surface area contributed by atoms with Gasteiger partial charge in [0.15, 0.2) is 0 Å². The van der Waals surface area contributed by atoms with E-state index in [2.05, 4.69) is 37.0 Å². The number of nitrogens with one attached hydrogen (secondary N) is 1. The molecule has 0 saturated carbocycles. The molecule has 1 aromatic heterocycles. The normalized spacial score (nSPS) is 21.7. The first-order valence-electron chi connectivity index (χ1n) is 5.13. The van der Waals surface area contributed by atoms with Gasteiger partial charge >= 0.3 is 0 Å². The standard InChI is InChI=1S/C11H17NS2/c1-8-5-11(14-9(8)2)6-12-10-3-4-13-7-10/h5,10,12H,3-4,6-7H2,1-2H3. The average molecular weight is 227 g/mol. The van der Waals surface area contributed by atoms with E-state index in [-0.39, 0.29) is 0 Å². The summed E-state index contributed by atoms with van der Waals surface area (Å²) in [6.07, 6.45) is 1.34. The Morgan fingerprint density at radius 2 is 2.36 bits per heavy atom. The molecule has 1 unspecified atom stereocenters. The van der Waals surface area contributed by atoms with Crippen molar-refractivity contribution in [2.75, 3.05) is 11.5 Å².